The maximum Gasteiger partial charge on any atom is 0.250 e. The fourth-order valence-corrected chi connectivity index (χ4v) is 3.02. The van der Waals surface area contributed by atoms with Crippen LogP contribution in [0.3, 0.4) is 0 Å². The predicted molar refractivity (Wildman–Crippen MR) is 128 cm³/mol. The zero-order valence-electron chi connectivity index (χ0n) is 17.1. The molecule has 1 heterocycles. The van der Waals surface area contributed by atoms with Crippen molar-refractivity contribution >= 4 is 46.6 Å². The number of hydrogen-bond acceptors (Lipinski definition) is 4. The van der Waals surface area contributed by atoms with Crippen molar-refractivity contribution in [1.29, 1.82) is 0 Å². The Kier molecular flexibility index (Phi) is 7.73. The zero-order valence-corrected chi connectivity index (χ0v) is 17.9. The van der Waals surface area contributed by atoms with Crippen LogP contribution in [0.25, 0.3) is 17.4 Å². The van der Waals surface area contributed by atoms with Gasteiger partial charge in [0.2, 0.25) is 11.8 Å². The molecule has 0 atom stereocenters. The number of thiocarbonyl (C=S) groups is 1. The summed E-state index contributed by atoms with van der Waals surface area (Å²) in [7, 11) is 0. The van der Waals surface area contributed by atoms with Gasteiger partial charge in [0.15, 0.2) is 5.11 Å². The number of nitrogens with one attached hydrogen (secondary N) is 3. The van der Waals surface area contributed by atoms with E-state index in [1.165, 1.54) is 6.08 Å². The summed E-state index contributed by atoms with van der Waals surface area (Å²) < 4.78 is 5.73. The summed E-state index contributed by atoms with van der Waals surface area (Å²) in [6.07, 6.45) is 4.16. The lowest BCUT2D eigenvalue weighted by molar-refractivity contribution is -0.116. The average molecular weight is 434 g/mol. The van der Waals surface area contributed by atoms with Crippen LogP contribution in [-0.2, 0) is 9.59 Å². The molecule has 7 heteroatoms. The maximum atomic E-state index is 12.2. The van der Waals surface area contributed by atoms with Crippen LogP contribution in [-0.4, -0.2) is 16.9 Å². The summed E-state index contributed by atoms with van der Waals surface area (Å²) in [6.45, 7) is 1.95. The highest BCUT2D eigenvalue weighted by Crippen LogP contribution is 2.22. The van der Waals surface area contributed by atoms with Gasteiger partial charge in [0.25, 0.3) is 0 Å². The fourth-order valence-electron chi connectivity index (χ4n) is 2.80. The van der Waals surface area contributed by atoms with Crippen LogP contribution < -0.4 is 16.0 Å². The molecule has 0 unspecified atom stereocenters. The van der Waals surface area contributed by atoms with Crippen molar-refractivity contribution in [3.05, 3.63) is 78.6 Å². The highest BCUT2D eigenvalue weighted by molar-refractivity contribution is 7.80. The van der Waals surface area contributed by atoms with Crippen LogP contribution in [0.4, 0.5) is 11.4 Å². The maximum absolute atomic E-state index is 12.2. The van der Waals surface area contributed by atoms with Crippen molar-refractivity contribution in [3.63, 3.8) is 0 Å². The van der Waals surface area contributed by atoms with Crippen molar-refractivity contribution in [2.24, 2.45) is 0 Å². The summed E-state index contributed by atoms with van der Waals surface area (Å²) in [6, 6.07) is 20.5. The van der Waals surface area contributed by atoms with Gasteiger partial charge in [-0.25, -0.2) is 0 Å². The molecule has 0 aliphatic carbocycles. The normalized spacial score (nSPS) is 10.6. The van der Waals surface area contributed by atoms with Gasteiger partial charge in [-0.2, -0.15) is 0 Å². The van der Waals surface area contributed by atoms with Gasteiger partial charge in [-0.3, -0.25) is 14.9 Å². The Bertz CT molecular complexity index is 1090. The van der Waals surface area contributed by atoms with E-state index in [0.29, 0.717) is 23.6 Å². The first-order valence-corrected chi connectivity index (χ1v) is 10.3. The van der Waals surface area contributed by atoms with Gasteiger partial charge in [0.05, 0.1) is 0 Å². The standard InChI is InChI=1S/C24H23N3O3S/c1-2-7-22(28)25-18-10-6-11-19(16-18)26-24(31)27-23(29)15-13-20-12-14-21(30-20)17-8-4-3-5-9-17/h3-6,8-16H,2,7H2,1H3,(H,25,28)(H2,26,27,29,31)/b15-13+. The quantitative estimate of drug-likeness (QED) is 0.352. The second-order valence-corrected chi connectivity index (χ2v) is 7.13. The Morgan fingerprint density at radius 2 is 1.71 bits per heavy atom. The van der Waals surface area contributed by atoms with Crippen molar-refractivity contribution < 1.29 is 14.0 Å². The first kappa shape index (κ1) is 22.0. The minimum absolute atomic E-state index is 0.0472. The van der Waals surface area contributed by atoms with E-state index in [-0.39, 0.29) is 16.9 Å². The van der Waals surface area contributed by atoms with E-state index >= 15 is 0 Å². The number of amides is 2. The molecular formula is C24H23N3O3S. The summed E-state index contributed by atoms with van der Waals surface area (Å²) in [4.78, 5) is 23.9. The first-order valence-electron chi connectivity index (χ1n) is 9.88. The smallest absolute Gasteiger partial charge is 0.250 e. The summed E-state index contributed by atoms with van der Waals surface area (Å²) in [5.74, 6) is 0.851. The SMILES string of the molecule is CCCC(=O)Nc1cccc(NC(=S)NC(=O)/C=C/c2ccc(-c3ccccc3)o2)c1. The number of carbonyl (C=O) groups is 2. The molecule has 3 rings (SSSR count). The van der Waals surface area contributed by atoms with Crippen LogP contribution in [0.1, 0.15) is 25.5 Å². The molecule has 1 aromatic heterocycles. The van der Waals surface area contributed by atoms with E-state index in [1.807, 2.05) is 43.3 Å². The lowest BCUT2D eigenvalue weighted by atomic mass is 10.2. The summed E-state index contributed by atoms with van der Waals surface area (Å²) in [5.41, 5.74) is 2.27. The molecule has 2 aromatic carbocycles. The minimum Gasteiger partial charge on any atom is -0.457 e. The Morgan fingerprint density at radius 1 is 0.968 bits per heavy atom. The van der Waals surface area contributed by atoms with Crippen LogP contribution in [0.2, 0.25) is 0 Å². The van der Waals surface area contributed by atoms with Gasteiger partial charge < -0.3 is 15.1 Å². The molecule has 2 amide bonds. The molecule has 0 spiro atoms. The summed E-state index contributed by atoms with van der Waals surface area (Å²) >= 11 is 5.20. The molecule has 158 valence electrons. The molecule has 0 fully saturated rings. The van der Waals surface area contributed by atoms with Gasteiger partial charge in [-0.1, -0.05) is 43.3 Å². The molecule has 3 N–H and O–H groups in total. The van der Waals surface area contributed by atoms with Gasteiger partial charge in [-0.15, -0.1) is 0 Å². The molecule has 3 aromatic rings. The third-order valence-corrected chi connectivity index (χ3v) is 4.41. The van der Waals surface area contributed by atoms with Gasteiger partial charge >= 0.3 is 0 Å². The molecule has 0 aliphatic rings. The third kappa shape index (κ3) is 6.94. The van der Waals surface area contributed by atoms with E-state index in [9.17, 15) is 9.59 Å². The average Bonchev–Trinajstić information content (AvgIpc) is 3.22. The largest absolute Gasteiger partial charge is 0.457 e. The Morgan fingerprint density at radius 3 is 2.45 bits per heavy atom. The Hall–Kier alpha value is -3.71. The van der Waals surface area contributed by atoms with Crippen molar-refractivity contribution in [3.8, 4) is 11.3 Å². The number of hydrogen-bond donors (Lipinski definition) is 3. The Labute approximate surface area is 186 Å². The van der Waals surface area contributed by atoms with E-state index in [2.05, 4.69) is 16.0 Å². The van der Waals surface area contributed by atoms with Crippen molar-refractivity contribution in [2.45, 2.75) is 19.8 Å². The van der Waals surface area contributed by atoms with Gasteiger partial charge in [0.1, 0.15) is 11.5 Å². The number of benzene rings is 2. The molecule has 0 saturated heterocycles. The number of anilines is 2. The van der Waals surface area contributed by atoms with Crippen molar-refractivity contribution in [2.75, 3.05) is 10.6 Å². The zero-order chi connectivity index (χ0) is 22.1. The van der Waals surface area contributed by atoms with Gasteiger partial charge in [-0.05, 0) is 55.0 Å². The first-order chi connectivity index (χ1) is 15.0. The fraction of sp³-hybridized carbons (Fsp3) is 0.125. The van der Waals surface area contributed by atoms with Crippen molar-refractivity contribution in [1.82, 2.24) is 5.32 Å². The summed E-state index contributed by atoms with van der Waals surface area (Å²) in [5, 5.41) is 8.48. The number of rotatable bonds is 7. The second-order valence-electron chi connectivity index (χ2n) is 6.72. The molecule has 0 aliphatic heterocycles. The highest BCUT2D eigenvalue weighted by Gasteiger charge is 2.06. The van der Waals surface area contributed by atoms with Crippen LogP contribution >= 0.6 is 12.2 Å². The molecule has 6 nitrogen and oxygen atoms in total. The van der Waals surface area contributed by atoms with Crippen LogP contribution in [0.5, 0.6) is 0 Å². The third-order valence-electron chi connectivity index (χ3n) is 4.20. The van der Waals surface area contributed by atoms with Gasteiger partial charge in [0, 0.05) is 29.4 Å². The minimum atomic E-state index is -0.387. The molecule has 0 radical (unpaired) electrons. The number of furan rings is 1. The predicted octanol–water partition coefficient (Wildman–Crippen LogP) is 5.21. The van der Waals surface area contributed by atoms with E-state index in [0.717, 1.165) is 17.7 Å². The number of carbonyl (C=O) groups excluding carboxylic acids is 2. The van der Waals surface area contributed by atoms with E-state index in [4.69, 9.17) is 16.6 Å². The molecular weight excluding hydrogens is 410 g/mol. The monoisotopic (exact) mass is 433 g/mol. The Balaban J connectivity index is 1.52. The molecule has 31 heavy (non-hydrogen) atoms. The van der Waals surface area contributed by atoms with E-state index < -0.39 is 0 Å². The highest BCUT2D eigenvalue weighted by atomic mass is 32.1. The topological polar surface area (TPSA) is 83.4 Å². The lowest BCUT2D eigenvalue weighted by Crippen LogP contribution is -2.32. The van der Waals surface area contributed by atoms with Crippen LogP contribution in [0.15, 0.2) is 77.2 Å². The van der Waals surface area contributed by atoms with E-state index in [1.54, 1.807) is 36.4 Å². The molecule has 0 bridgehead atoms. The second kappa shape index (κ2) is 10.9. The molecule has 0 saturated carbocycles. The lowest BCUT2D eigenvalue weighted by Gasteiger charge is -2.10. The van der Waals surface area contributed by atoms with Crippen LogP contribution in [0, 0.1) is 0 Å².